The summed E-state index contributed by atoms with van der Waals surface area (Å²) in [5.74, 6) is -0.278. The lowest BCUT2D eigenvalue weighted by molar-refractivity contribution is -0.140. The second-order valence-corrected chi connectivity index (χ2v) is 8.89. The lowest BCUT2D eigenvalue weighted by Crippen LogP contribution is -2.35. The van der Waals surface area contributed by atoms with Crippen LogP contribution in [0.1, 0.15) is 36.6 Å². The Morgan fingerprint density at radius 1 is 1.12 bits per heavy atom. The third kappa shape index (κ3) is 5.02. The summed E-state index contributed by atoms with van der Waals surface area (Å²) in [6.45, 7) is 7.64. The Bertz CT molecular complexity index is 1010. The third-order valence-electron chi connectivity index (χ3n) is 5.46. The zero-order valence-electron chi connectivity index (χ0n) is 19.5. The molecule has 0 spiro atoms. The predicted octanol–water partition coefficient (Wildman–Crippen LogP) is 4.01. The predicted molar refractivity (Wildman–Crippen MR) is 126 cm³/mol. The average Bonchev–Trinajstić information content (AvgIpc) is 3.01. The van der Waals surface area contributed by atoms with Gasteiger partial charge in [0, 0.05) is 18.7 Å². The number of ketones is 1. The lowest BCUT2D eigenvalue weighted by Gasteiger charge is -2.26. The molecule has 0 radical (unpaired) electrons. The summed E-state index contributed by atoms with van der Waals surface area (Å²) in [4.78, 5) is 29.5. The minimum atomic E-state index is -0.659. The number of hydrogen-bond donors (Lipinski definition) is 1. The van der Waals surface area contributed by atoms with Crippen LogP contribution in [0.2, 0.25) is 0 Å². The van der Waals surface area contributed by atoms with Gasteiger partial charge in [-0.1, -0.05) is 44.2 Å². The van der Waals surface area contributed by atoms with E-state index in [1.807, 2.05) is 56.3 Å². The van der Waals surface area contributed by atoms with E-state index in [-0.39, 0.29) is 11.3 Å². The second-order valence-electron chi connectivity index (χ2n) is 8.89. The number of benzene rings is 2. The maximum absolute atomic E-state index is 13.0. The van der Waals surface area contributed by atoms with Crippen LogP contribution in [0.3, 0.4) is 0 Å². The summed E-state index contributed by atoms with van der Waals surface area (Å²) in [6.07, 6.45) is 0. The monoisotopic (exact) mass is 436 g/mol. The van der Waals surface area contributed by atoms with Gasteiger partial charge in [-0.3, -0.25) is 9.59 Å². The van der Waals surface area contributed by atoms with E-state index in [0.717, 1.165) is 16.9 Å². The van der Waals surface area contributed by atoms with Gasteiger partial charge in [0.15, 0.2) is 0 Å². The van der Waals surface area contributed by atoms with Crippen LogP contribution in [0, 0.1) is 12.8 Å². The topological polar surface area (TPSA) is 70.1 Å². The molecular formula is C26H32N2O4. The largest absolute Gasteiger partial charge is 0.507 e. The number of aryl methyl sites for hydroxylation is 1. The van der Waals surface area contributed by atoms with Gasteiger partial charge in [-0.25, -0.2) is 0 Å². The molecule has 1 N–H and O–H groups in total. The minimum absolute atomic E-state index is 0.121. The first-order chi connectivity index (χ1) is 15.2. The highest BCUT2D eigenvalue weighted by atomic mass is 16.5. The van der Waals surface area contributed by atoms with Crippen molar-refractivity contribution in [1.29, 1.82) is 0 Å². The van der Waals surface area contributed by atoms with Gasteiger partial charge in [-0.05, 0) is 56.3 Å². The molecule has 2 aromatic carbocycles. The molecule has 1 atom stereocenters. The second kappa shape index (κ2) is 10.0. The fourth-order valence-corrected chi connectivity index (χ4v) is 3.77. The van der Waals surface area contributed by atoms with Crippen LogP contribution in [-0.4, -0.2) is 60.4 Å². The van der Waals surface area contributed by atoms with Gasteiger partial charge in [-0.15, -0.1) is 0 Å². The Hall–Kier alpha value is -3.12. The van der Waals surface area contributed by atoms with Crippen molar-refractivity contribution in [3.63, 3.8) is 0 Å². The summed E-state index contributed by atoms with van der Waals surface area (Å²) >= 11 is 0. The van der Waals surface area contributed by atoms with Crippen molar-refractivity contribution < 1.29 is 19.4 Å². The van der Waals surface area contributed by atoms with Gasteiger partial charge in [0.2, 0.25) is 0 Å². The van der Waals surface area contributed by atoms with Crippen LogP contribution >= 0.6 is 0 Å². The Kier molecular flexibility index (Phi) is 7.36. The molecule has 3 rings (SSSR count). The molecule has 6 nitrogen and oxygen atoms in total. The Balaban J connectivity index is 2.05. The van der Waals surface area contributed by atoms with Crippen molar-refractivity contribution >= 4 is 17.4 Å². The van der Waals surface area contributed by atoms with Crippen molar-refractivity contribution in [1.82, 2.24) is 9.80 Å². The summed E-state index contributed by atoms with van der Waals surface area (Å²) in [6, 6.07) is 14.1. The zero-order valence-corrected chi connectivity index (χ0v) is 19.5. The van der Waals surface area contributed by atoms with Gasteiger partial charge in [0.05, 0.1) is 18.2 Å². The molecular weight excluding hydrogens is 404 g/mol. The fourth-order valence-electron chi connectivity index (χ4n) is 3.77. The van der Waals surface area contributed by atoms with E-state index in [1.165, 1.54) is 0 Å². The molecule has 32 heavy (non-hydrogen) atoms. The van der Waals surface area contributed by atoms with E-state index in [4.69, 9.17) is 4.74 Å². The van der Waals surface area contributed by atoms with Crippen LogP contribution in [0.4, 0.5) is 0 Å². The number of likely N-dealkylation sites (N-methyl/N-ethyl adjacent to an activating group) is 1. The number of hydrogen-bond acceptors (Lipinski definition) is 5. The molecule has 0 unspecified atom stereocenters. The number of carbonyl (C=O) groups excluding carboxylic acids is 2. The van der Waals surface area contributed by atoms with Crippen molar-refractivity contribution in [3.05, 3.63) is 70.8 Å². The molecule has 170 valence electrons. The van der Waals surface area contributed by atoms with Crippen molar-refractivity contribution in [2.45, 2.75) is 26.8 Å². The summed E-state index contributed by atoms with van der Waals surface area (Å²) in [5.41, 5.74) is 2.26. The number of likely N-dealkylation sites (tertiary alicyclic amines) is 1. The Morgan fingerprint density at radius 2 is 1.81 bits per heavy atom. The number of Topliss-reactive ketones (excluding diaryl/α,β-unsaturated/α-hetero) is 1. The maximum atomic E-state index is 13.0. The molecule has 1 aliphatic rings. The molecule has 0 aromatic heterocycles. The Labute approximate surface area is 190 Å². The van der Waals surface area contributed by atoms with E-state index in [9.17, 15) is 14.7 Å². The highest BCUT2D eigenvalue weighted by Gasteiger charge is 2.45. The van der Waals surface area contributed by atoms with E-state index in [2.05, 4.69) is 13.8 Å². The number of amides is 1. The molecule has 1 amide bonds. The van der Waals surface area contributed by atoms with E-state index >= 15 is 0 Å². The molecule has 0 aliphatic carbocycles. The molecule has 0 saturated carbocycles. The van der Waals surface area contributed by atoms with Crippen LogP contribution in [0.5, 0.6) is 5.75 Å². The molecule has 1 heterocycles. The van der Waals surface area contributed by atoms with Gasteiger partial charge >= 0.3 is 0 Å². The van der Waals surface area contributed by atoms with Crippen molar-refractivity contribution in [2.24, 2.45) is 5.92 Å². The van der Waals surface area contributed by atoms with Crippen LogP contribution < -0.4 is 4.74 Å². The quantitative estimate of drug-likeness (QED) is 0.385. The maximum Gasteiger partial charge on any atom is 0.295 e. The van der Waals surface area contributed by atoms with Crippen molar-refractivity contribution in [2.75, 3.05) is 33.8 Å². The zero-order chi connectivity index (χ0) is 23.4. The average molecular weight is 437 g/mol. The molecule has 1 fully saturated rings. The molecule has 1 aliphatic heterocycles. The number of aliphatic hydroxyl groups is 1. The molecule has 2 aromatic rings. The fraction of sp³-hybridized carbons (Fsp3) is 0.385. The number of nitrogens with zero attached hydrogens (tertiary/aromatic N) is 2. The van der Waals surface area contributed by atoms with E-state index in [0.29, 0.717) is 31.2 Å². The normalized spacial score (nSPS) is 18.1. The summed E-state index contributed by atoms with van der Waals surface area (Å²) in [5, 5.41) is 11.2. The SMILES string of the molecule is Cc1cc(/C(O)=C2\C(=O)C(=O)N(CCN(C)C)[C@@H]2c2ccccc2)ccc1OCC(C)C. The Morgan fingerprint density at radius 3 is 2.41 bits per heavy atom. The first-order valence-corrected chi connectivity index (χ1v) is 10.9. The van der Waals surface area contributed by atoms with Crippen molar-refractivity contribution in [3.8, 4) is 5.75 Å². The number of carbonyl (C=O) groups is 2. The van der Waals surface area contributed by atoms with Gasteiger partial charge in [-0.2, -0.15) is 0 Å². The van der Waals surface area contributed by atoms with Gasteiger partial charge in [0.25, 0.3) is 11.7 Å². The van der Waals surface area contributed by atoms with Gasteiger partial charge < -0.3 is 19.6 Å². The summed E-state index contributed by atoms with van der Waals surface area (Å²) in [7, 11) is 3.83. The molecule has 0 bridgehead atoms. The van der Waals surface area contributed by atoms with Crippen LogP contribution in [0.25, 0.3) is 5.76 Å². The third-order valence-corrected chi connectivity index (χ3v) is 5.46. The smallest absolute Gasteiger partial charge is 0.295 e. The minimum Gasteiger partial charge on any atom is -0.507 e. The van der Waals surface area contributed by atoms with Gasteiger partial charge in [0.1, 0.15) is 11.5 Å². The molecule has 6 heteroatoms. The van der Waals surface area contributed by atoms with E-state index < -0.39 is 17.7 Å². The number of aliphatic hydroxyl groups excluding tert-OH is 1. The van der Waals surface area contributed by atoms with Crippen LogP contribution in [-0.2, 0) is 9.59 Å². The summed E-state index contributed by atoms with van der Waals surface area (Å²) < 4.78 is 5.83. The highest BCUT2D eigenvalue weighted by Crippen LogP contribution is 2.39. The van der Waals surface area contributed by atoms with E-state index in [1.54, 1.807) is 23.1 Å². The van der Waals surface area contributed by atoms with Crippen LogP contribution in [0.15, 0.2) is 54.1 Å². The lowest BCUT2D eigenvalue weighted by atomic mass is 9.95. The number of rotatable bonds is 8. The standard InChI is InChI=1S/C26H32N2O4/c1-17(2)16-32-21-12-11-20(15-18(21)3)24(29)22-23(19-9-7-6-8-10-19)28(14-13-27(4)5)26(31)25(22)30/h6-12,15,17,23,29H,13-14,16H2,1-5H3/b24-22+/t23-/m1/s1. The number of ether oxygens (including phenoxy) is 1. The highest BCUT2D eigenvalue weighted by molar-refractivity contribution is 6.46. The first kappa shape index (κ1) is 23.5. The molecule has 1 saturated heterocycles. The first-order valence-electron chi connectivity index (χ1n) is 10.9.